The van der Waals surface area contributed by atoms with Gasteiger partial charge in [-0.1, -0.05) is 97.1 Å². The Labute approximate surface area is 312 Å². The summed E-state index contributed by atoms with van der Waals surface area (Å²) in [4.78, 5) is 67.1. The standard InChI is InChI=1S/C42H42N4O8/c47-38(19-10-20-39(48)49)45-36(41(51)53-25-27-11-2-1-3-12-27)21-22-43-40(50)37(23-28-24-44-35-18-9-8-13-29(28)35)46-42(52)54-26-34-32-16-6-4-14-30(32)31-15-5-7-17-33(31)34/h1-9,11-18,24,34,36-37,44H,10,19-23,25-26H2,(H,43,50)(H,45,47)(H,46,52)(H,48,49)/t36-,37-/m1/s1. The van der Waals surface area contributed by atoms with E-state index in [-0.39, 0.29) is 57.8 Å². The molecule has 0 saturated heterocycles. The molecule has 12 heteroatoms. The predicted molar refractivity (Wildman–Crippen MR) is 201 cm³/mol. The summed E-state index contributed by atoms with van der Waals surface area (Å²) in [5.74, 6) is -2.93. The van der Waals surface area contributed by atoms with E-state index in [4.69, 9.17) is 14.6 Å². The number of H-pyrrole nitrogens is 1. The molecule has 54 heavy (non-hydrogen) atoms. The molecule has 3 amide bonds. The molecule has 1 aliphatic carbocycles. The molecule has 1 aromatic heterocycles. The molecule has 4 aromatic carbocycles. The summed E-state index contributed by atoms with van der Waals surface area (Å²) in [6, 6.07) is 30.5. The quantitative estimate of drug-likeness (QED) is 0.0768. The molecule has 12 nitrogen and oxygen atoms in total. The normalized spacial score (nSPS) is 12.9. The number of aromatic amines is 1. The smallest absolute Gasteiger partial charge is 0.407 e. The van der Waals surface area contributed by atoms with Crippen LogP contribution in [-0.2, 0) is 41.7 Å². The SMILES string of the molecule is O=C(O)CCCC(=O)N[C@H](CCNC(=O)[C@@H](Cc1c[nH]c2ccccc12)NC(=O)OCC1c2ccccc2-c2ccccc21)C(=O)OCc1ccccc1. The van der Waals surface area contributed by atoms with Gasteiger partial charge < -0.3 is 35.5 Å². The van der Waals surface area contributed by atoms with Crippen molar-refractivity contribution in [2.24, 2.45) is 0 Å². The van der Waals surface area contributed by atoms with Crippen molar-refractivity contribution in [1.82, 2.24) is 20.9 Å². The number of rotatable bonds is 17. The third-order valence-electron chi connectivity index (χ3n) is 9.42. The van der Waals surface area contributed by atoms with Gasteiger partial charge in [-0.05, 0) is 52.3 Å². The molecular weight excluding hydrogens is 688 g/mol. The number of alkyl carbamates (subject to hydrolysis) is 1. The lowest BCUT2D eigenvalue weighted by atomic mass is 9.98. The van der Waals surface area contributed by atoms with Crippen molar-refractivity contribution in [3.63, 3.8) is 0 Å². The van der Waals surface area contributed by atoms with Gasteiger partial charge in [0.15, 0.2) is 0 Å². The molecule has 5 N–H and O–H groups in total. The molecule has 1 heterocycles. The third kappa shape index (κ3) is 9.51. The number of aliphatic carboxylic acids is 1. The Morgan fingerprint density at radius 2 is 1.41 bits per heavy atom. The number of carboxylic acids is 1. The number of aromatic nitrogens is 1. The molecule has 0 unspecified atom stereocenters. The van der Waals surface area contributed by atoms with E-state index in [9.17, 15) is 24.0 Å². The van der Waals surface area contributed by atoms with Crippen LogP contribution in [0, 0.1) is 0 Å². The van der Waals surface area contributed by atoms with E-state index < -0.39 is 41.9 Å². The van der Waals surface area contributed by atoms with Crippen molar-refractivity contribution in [1.29, 1.82) is 0 Å². The molecule has 1 aliphatic rings. The second-order valence-electron chi connectivity index (χ2n) is 13.1. The number of fused-ring (bicyclic) bond motifs is 4. The van der Waals surface area contributed by atoms with Crippen LogP contribution in [0.1, 0.15) is 53.9 Å². The lowest BCUT2D eigenvalue weighted by Gasteiger charge is -2.21. The van der Waals surface area contributed by atoms with Crippen LogP contribution in [0.2, 0.25) is 0 Å². The van der Waals surface area contributed by atoms with E-state index in [1.54, 1.807) is 18.3 Å². The van der Waals surface area contributed by atoms with Gasteiger partial charge in [-0.2, -0.15) is 0 Å². The van der Waals surface area contributed by atoms with Crippen LogP contribution in [0.5, 0.6) is 0 Å². The van der Waals surface area contributed by atoms with Crippen LogP contribution >= 0.6 is 0 Å². The van der Waals surface area contributed by atoms with Crippen molar-refractivity contribution >= 4 is 40.7 Å². The third-order valence-corrected chi connectivity index (χ3v) is 9.42. The molecule has 5 aromatic rings. The Balaban J connectivity index is 1.11. The van der Waals surface area contributed by atoms with Gasteiger partial charge in [0.25, 0.3) is 0 Å². The Morgan fingerprint density at radius 3 is 2.13 bits per heavy atom. The van der Waals surface area contributed by atoms with Crippen LogP contribution in [-0.4, -0.2) is 65.2 Å². The van der Waals surface area contributed by atoms with Crippen molar-refractivity contribution in [2.45, 2.75) is 56.7 Å². The Bertz CT molecular complexity index is 2070. The van der Waals surface area contributed by atoms with Crippen LogP contribution in [0.15, 0.2) is 109 Å². The average molecular weight is 731 g/mol. The van der Waals surface area contributed by atoms with Crippen LogP contribution in [0.3, 0.4) is 0 Å². The molecule has 0 spiro atoms. The maximum atomic E-state index is 13.8. The zero-order valence-electron chi connectivity index (χ0n) is 29.6. The van der Waals surface area contributed by atoms with E-state index >= 15 is 0 Å². The predicted octanol–water partition coefficient (Wildman–Crippen LogP) is 5.61. The molecule has 0 bridgehead atoms. The average Bonchev–Trinajstić information content (AvgIpc) is 3.74. The first kappa shape index (κ1) is 37.3. The van der Waals surface area contributed by atoms with E-state index in [0.29, 0.717) is 0 Å². The van der Waals surface area contributed by atoms with Crippen LogP contribution in [0.25, 0.3) is 22.0 Å². The van der Waals surface area contributed by atoms with Gasteiger partial charge in [0.1, 0.15) is 25.3 Å². The maximum absolute atomic E-state index is 13.8. The second kappa shape index (κ2) is 17.9. The highest BCUT2D eigenvalue weighted by molar-refractivity contribution is 5.89. The second-order valence-corrected chi connectivity index (χ2v) is 13.1. The highest BCUT2D eigenvalue weighted by atomic mass is 16.5. The molecule has 2 atom stereocenters. The van der Waals surface area contributed by atoms with E-state index in [2.05, 4.69) is 20.9 Å². The van der Waals surface area contributed by atoms with Crippen LogP contribution < -0.4 is 16.0 Å². The molecule has 0 aliphatic heterocycles. The lowest BCUT2D eigenvalue weighted by Crippen LogP contribution is -2.50. The number of nitrogens with one attached hydrogen (secondary N) is 4. The Morgan fingerprint density at radius 1 is 0.741 bits per heavy atom. The van der Waals surface area contributed by atoms with Gasteiger partial charge in [0.05, 0.1) is 0 Å². The number of hydrogen-bond acceptors (Lipinski definition) is 7. The van der Waals surface area contributed by atoms with Gasteiger partial charge >= 0.3 is 18.0 Å². The zero-order valence-corrected chi connectivity index (χ0v) is 29.6. The van der Waals surface area contributed by atoms with Gasteiger partial charge in [-0.3, -0.25) is 14.4 Å². The zero-order chi connectivity index (χ0) is 37.9. The number of hydrogen-bond donors (Lipinski definition) is 5. The number of carbonyl (C=O) groups is 5. The monoisotopic (exact) mass is 730 g/mol. The molecule has 0 saturated carbocycles. The summed E-state index contributed by atoms with van der Waals surface area (Å²) in [6.45, 7) is 0.00445. The fourth-order valence-electron chi connectivity index (χ4n) is 6.72. The number of para-hydroxylation sites is 1. The fraction of sp³-hybridized carbons (Fsp3) is 0.262. The molecule has 6 rings (SSSR count). The number of carboxylic acid groups (broad SMARTS) is 1. The molecule has 0 fully saturated rings. The van der Waals surface area contributed by atoms with Crippen molar-refractivity contribution in [3.05, 3.63) is 132 Å². The fourth-order valence-corrected chi connectivity index (χ4v) is 6.72. The largest absolute Gasteiger partial charge is 0.481 e. The number of benzene rings is 4. The molecule has 0 radical (unpaired) electrons. The van der Waals surface area contributed by atoms with Crippen molar-refractivity contribution < 1.29 is 38.6 Å². The first-order chi connectivity index (χ1) is 26.3. The van der Waals surface area contributed by atoms with Crippen molar-refractivity contribution in [3.8, 4) is 11.1 Å². The van der Waals surface area contributed by atoms with Gasteiger partial charge in [-0.15, -0.1) is 0 Å². The first-order valence-electron chi connectivity index (χ1n) is 17.9. The summed E-state index contributed by atoms with van der Waals surface area (Å²) < 4.78 is 11.2. The maximum Gasteiger partial charge on any atom is 0.407 e. The topological polar surface area (TPSA) is 176 Å². The number of esters is 1. The summed E-state index contributed by atoms with van der Waals surface area (Å²) >= 11 is 0. The van der Waals surface area contributed by atoms with E-state index in [0.717, 1.165) is 44.3 Å². The van der Waals surface area contributed by atoms with Gasteiger partial charge in [0.2, 0.25) is 11.8 Å². The molecular formula is C42H42N4O8. The summed E-state index contributed by atoms with van der Waals surface area (Å²) in [5, 5.41) is 18.0. The van der Waals surface area contributed by atoms with E-state index in [1.807, 2.05) is 91.0 Å². The Hall–Kier alpha value is -6.43. The minimum absolute atomic E-state index is 0.0191. The number of carbonyl (C=O) groups excluding carboxylic acids is 4. The van der Waals surface area contributed by atoms with Crippen molar-refractivity contribution in [2.75, 3.05) is 13.2 Å². The summed E-state index contributed by atoms with van der Waals surface area (Å²) in [6.07, 6.45) is 0.966. The number of ether oxygens (including phenoxy) is 2. The minimum atomic E-state index is -1.12. The van der Waals surface area contributed by atoms with Gasteiger partial charge in [-0.25, -0.2) is 9.59 Å². The lowest BCUT2D eigenvalue weighted by molar-refractivity contribution is -0.149. The highest BCUT2D eigenvalue weighted by Crippen LogP contribution is 2.44. The minimum Gasteiger partial charge on any atom is -0.481 e. The van der Waals surface area contributed by atoms with Crippen LogP contribution in [0.4, 0.5) is 4.79 Å². The van der Waals surface area contributed by atoms with E-state index in [1.165, 1.54) is 0 Å². The first-order valence-corrected chi connectivity index (χ1v) is 17.9. The highest BCUT2D eigenvalue weighted by Gasteiger charge is 2.30. The molecule has 278 valence electrons. The van der Waals surface area contributed by atoms with Gasteiger partial charge in [0, 0.05) is 48.8 Å². The number of amides is 3. The summed E-state index contributed by atoms with van der Waals surface area (Å²) in [7, 11) is 0. The Kier molecular flexibility index (Phi) is 12.4. The summed E-state index contributed by atoms with van der Waals surface area (Å²) in [5.41, 5.74) is 6.75.